The van der Waals surface area contributed by atoms with Gasteiger partial charge in [-0.1, -0.05) is 49.9 Å². The maximum Gasteiger partial charge on any atom is 0.434 e. The quantitative estimate of drug-likeness (QED) is 0.426. The number of carbonyl (C=O) groups excluding carboxylic acids is 2. The van der Waals surface area contributed by atoms with Gasteiger partial charge in [0, 0.05) is 18.8 Å². The molecule has 1 N–H and O–H groups in total. The Balaban J connectivity index is 1.72. The van der Waals surface area contributed by atoms with Crippen LogP contribution in [-0.4, -0.2) is 53.5 Å². The Labute approximate surface area is 224 Å². The maximum atomic E-state index is 14.3. The summed E-state index contributed by atoms with van der Waals surface area (Å²) in [6.45, 7) is 8.21. The molecule has 2 unspecified atom stereocenters. The molecule has 1 aromatic carbocycles. The van der Waals surface area contributed by atoms with Gasteiger partial charge in [-0.3, -0.25) is 4.79 Å². The molecule has 0 saturated carbocycles. The minimum Gasteiger partial charge on any atom is -0.459 e. The lowest BCUT2D eigenvalue weighted by molar-refractivity contribution is -0.145. The van der Waals surface area contributed by atoms with Crippen LogP contribution >= 0.6 is 11.8 Å². The predicted octanol–water partition coefficient (Wildman–Crippen LogP) is 5.56. The fraction of sp³-hybridized carbons (Fsp3) is 0.519. The summed E-state index contributed by atoms with van der Waals surface area (Å²) in [5.74, 6) is -1.17. The Morgan fingerprint density at radius 3 is 2.50 bits per heavy atom. The molecule has 7 nitrogen and oxygen atoms in total. The number of hydrogen-bond donors (Lipinski definition) is 1. The van der Waals surface area contributed by atoms with E-state index in [-0.39, 0.29) is 29.5 Å². The SMILES string of the molecule is CC(C)OC(=O)C1=C(C(F)(F)F)N=C2SC=C(CC(=O)NCC3CCCO3)N2C1c1ccc(C(C)C)cc1. The lowest BCUT2D eigenvalue weighted by Gasteiger charge is -2.37. The molecule has 38 heavy (non-hydrogen) atoms. The molecule has 0 aromatic heterocycles. The number of ether oxygens (including phenoxy) is 2. The lowest BCUT2D eigenvalue weighted by Crippen LogP contribution is -2.40. The Morgan fingerprint density at radius 1 is 1.21 bits per heavy atom. The van der Waals surface area contributed by atoms with Gasteiger partial charge in [0.15, 0.2) is 10.9 Å². The molecule has 4 rings (SSSR count). The standard InChI is InChI=1S/C27H32F3N3O4S/c1-15(2)17-7-9-18(10-8-17)23-22(25(35)37-16(3)4)24(27(28,29)30)32-26-33(23)19(14-38-26)12-21(34)31-13-20-6-5-11-36-20/h7-10,14-16,20,23H,5-6,11-13H2,1-4H3,(H,31,34). The zero-order chi connectivity index (χ0) is 27.6. The first-order chi connectivity index (χ1) is 18.0. The molecule has 0 aliphatic carbocycles. The molecule has 0 radical (unpaired) electrons. The van der Waals surface area contributed by atoms with Crippen molar-refractivity contribution in [1.82, 2.24) is 10.2 Å². The minimum absolute atomic E-state index is 0.0418. The smallest absolute Gasteiger partial charge is 0.434 e. The van der Waals surface area contributed by atoms with E-state index >= 15 is 0 Å². The molecular formula is C27H32F3N3O4S. The van der Waals surface area contributed by atoms with Crippen molar-refractivity contribution in [3.05, 3.63) is 57.8 Å². The summed E-state index contributed by atoms with van der Waals surface area (Å²) in [6, 6.07) is 5.95. The molecule has 3 aliphatic rings. The van der Waals surface area contributed by atoms with Crippen LogP contribution in [0.3, 0.4) is 0 Å². The van der Waals surface area contributed by atoms with E-state index in [1.807, 2.05) is 26.0 Å². The zero-order valence-electron chi connectivity index (χ0n) is 21.8. The van der Waals surface area contributed by atoms with E-state index in [0.717, 1.165) is 30.2 Å². The number of rotatable bonds is 8. The average molecular weight is 552 g/mol. The molecule has 1 saturated heterocycles. The Bertz CT molecular complexity index is 1150. The Kier molecular flexibility index (Phi) is 8.56. The van der Waals surface area contributed by atoms with Crippen LogP contribution in [-0.2, 0) is 19.1 Å². The summed E-state index contributed by atoms with van der Waals surface area (Å²) < 4.78 is 53.6. The fourth-order valence-electron chi connectivity index (χ4n) is 4.60. The number of aliphatic imine (C=N–C) groups is 1. The van der Waals surface area contributed by atoms with E-state index in [4.69, 9.17) is 9.47 Å². The summed E-state index contributed by atoms with van der Waals surface area (Å²) in [7, 11) is 0. The van der Waals surface area contributed by atoms with Crippen molar-refractivity contribution in [3.63, 3.8) is 0 Å². The van der Waals surface area contributed by atoms with Crippen LogP contribution in [0.5, 0.6) is 0 Å². The van der Waals surface area contributed by atoms with Crippen molar-refractivity contribution in [2.24, 2.45) is 4.99 Å². The highest BCUT2D eigenvalue weighted by Gasteiger charge is 2.49. The molecule has 0 bridgehead atoms. The monoisotopic (exact) mass is 551 g/mol. The van der Waals surface area contributed by atoms with Gasteiger partial charge in [-0.2, -0.15) is 13.2 Å². The summed E-state index contributed by atoms with van der Waals surface area (Å²) in [4.78, 5) is 31.4. The van der Waals surface area contributed by atoms with Gasteiger partial charge in [0.2, 0.25) is 5.91 Å². The number of carbonyl (C=O) groups is 2. The number of alkyl halides is 3. The fourth-order valence-corrected chi connectivity index (χ4v) is 5.51. The molecule has 3 aliphatic heterocycles. The Hall–Kier alpha value is -2.79. The summed E-state index contributed by atoms with van der Waals surface area (Å²) in [6.07, 6.45) is -3.85. The van der Waals surface area contributed by atoms with Crippen LogP contribution in [0.25, 0.3) is 0 Å². The van der Waals surface area contributed by atoms with Gasteiger partial charge in [-0.15, -0.1) is 0 Å². The lowest BCUT2D eigenvalue weighted by atomic mass is 9.91. The van der Waals surface area contributed by atoms with Crippen molar-refractivity contribution in [2.75, 3.05) is 13.2 Å². The van der Waals surface area contributed by atoms with Gasteiger partial charge >= 0.3 is 12.1 Å². The van der Waals surface area contributed by atoms with Crippen molar-refractivity contribution in [2.45, 2.75) is 77.3 Å². The maximum absolute atomic E-state index is 14.3. The first-order valence-corrected chi connectivity index (χ1v) is 13.6. The second-order valence-electron chi connectivity index (χ2n) is 10.0. The van der Waals surface area contributed by atoms with Crippen LogP contribution in [0.2, 0.25) is 0 Å². The van der Waals surface area contributed by atoms with E-state index in [1.54, 1.807) is 36.3 Å². The van der Waals surface area contributed by atoms with Crippen LogP contribution in [0, 0.1) is 0 Å². The minimum atomic E-state index is -4.89. The molecule has 206 valence electrons. The van der Waals surface area contributed by atoms with E-state index < -0.39 is 35.6 Å². The average Bonchev–Trinajstić information content (AvgIpc) is 3.51. The number of esters is 1. The van der Waals surface area contributed by atoms with E-state index in [1.165, 1.54) is 0 Å². The van der Waals surface area contributed by atoms with Crippen molar-refractivity contribution >= 4 is 28.8 Å². The topological polar surface area (TPSA) is 80.2 Å². The van der Waals surface area contributed by atoms with Gasteiger partial charge in [0.25, 0.3) is 0 Å². The Morgan fingerprint density at radius 2 is 1.92 bits per heavy atom. The van der Waals surface area contributed by atoms with Crippen LogP contribution < -0.4 is 5.32 Å². The number of amidine groups is 1. The van der Waals surface area contributed by atoms with Gasteiger partial charge in [-0.25, -0.2) is 9.79 Å². The molecule has 3 heterocycles. The normalized spacial score (nSPS) is 21.6. The molecule has 1 aromatic rings. The number of thioether (sulfide) groups is 1. The van der Waals surface area contributed by atoms with Crippen LogP contribution in [0.15, 0.2) is 51.6 Å². The van der Waals surface area contributed by atoms with Gasteiger partial charge in [0.05, 0.1) is 30.2 Å². The second-order valence-corrected chi connectivity index (χ2v) is 10.9. The van der Waals surface area contributed by atoms with E-state index in [9.17, 15) is 22.8 Å². The molecule has 1 fully saturated rings. The highest BCUT2D eigenvalue weighted by atomic mass is 32.2. The third kappa shape index (κ3) is 6.26. The first-order valence-electron chi connectivity index (χ1n) is 12.7. The second kappa shape index (κ2) is 11.5. The predicted molar refractivity (Wildman–Crippen MR) is 139 cm³/mol. The van der Waals surface area contributed by atoms with E-state index in [2.05, 4.69) is 10.3 Å². The number of amides is 1. The third-order valence-electron chi connectivity index (χ3n) is 6.45. The molecule has 11 heteroatoms. The van der Waals surface area contributed by atoms with Crippen molar-refractivity contribution < 1.29 is 32.2 Å². The molecule has 2 atom stereocenters. The number of allylic oxidation sites excluding steroid dienone is 1. The molecule has 0 spiro atoms. The third-order valence-corrected chi connectivity index (χ3v) is 7.34. The van der Waals surface area contributed by atoms with Crippen molar-refractivity contribution in [1.29, 1.82) is 0 Å². The number of nitrogens with zero attached hydrogens (tertiary/aromatic N) is 2. The van der Waals surface area contributed by atoms with Crippen LogP contribution in [0.1, 0.15) is 70.0 Å². The van der Waals surface area contributed by atoms with Gasteiger partial charge in [0.1, 0.15) is 0 Å². The number of fused-ring (bicyclic) bond motifs is 1. The summed E-state index contributed by atoms with van der Waals surface area (Å²) in [5, 5.41) is 4.52. The van der Waals surface area contributed by atoms with Crippen LogP contribution in [0.4, 0.5) is 13.2 Å². The summed E-state index contributed by atoms with van der Waals surface area (Å²) >= 11 is 0.997. The molecule has 1 amide bonds. The summed E-state index contributed by atoms with van der Waals surface area (Å²) in [5.41, 5.74) is 0.0441. The number of halogens is 3. The van der Waals surface area contributed by atoms with E-state index in [0.29, 0.717) is 24.4 Å². The number of hydrogen-bond acceptors (Lipinski definition) is 7. The highest BCUT2D eigenvalue weighted by molar-refractivity contribution is 8.16. The van der Waals surface area contributed by atoms with Crippen molar-refractivity contribution in [3.8, 4) is 0 Å². The number of nitrogens with one attached hydrogen (secondary N) is 1. The zero-order valence-corrected chi connectivity index (χ0v) is 22.6. The highest BCUT2D eigenvalue weighted by Crippen LogP contribution is 2.48. The molecular weight excluding hydrogens is 519 g/mol. The first kappa shape index (κ1) is 28.2. The largest absolute Gasteiger partial charge is 0.459 e. The number of benzene rings is 1. The van der Waals surface area contributed by atoms with Gasteiger partial charge < -0.3 is 19.7 Å². The van der Waals surface area contributed by atoms with Gasteiger partial charge in [-0.05, 0) is 49.1 Å².